The van der Waals surface area contributed by atoms with Crippen LogP contribution < -0.4 is 0 Å². The van der Waals surface area contributed by atoms with Gasteiger partial charge in [0, 0.05) is 11.6 Å². The summed E-state index contributed by atoms with van der Waals surface area (Å²) in [6.07, 6.45) is 0.394. The number of non-ortho nitro benzene ring substituents is 1. The third kappa shape index (κ3) is 1.69. The normalized spacial score (nSPS) is 9.69. The van der Waals surface area contributed by atoms with Crippen molar-refractivity contribution in [2.24, 2.45) is 0 Å². The van der Waals surface area contributed by atoms with Crippen molar-refractivity contribution in [3.8, 4) is 0 Å². The van der Waals surface area contributed by atoms with Crippen LogP contribution in [-0.4, -0.2) is 11.2 Å². The second-order valence-electron chi connectivity index (χ2n) is 2.52. The van der Waals surface area contributed by atoms with Gasteiger partial charge in [-0.15, -0.1) is 0 Å². The lowest BCUT2D eigenvalue weighted by atomic mass is 10.1. The third-order valence-electron chi connectivity index (χ3n) is 1.71. The van der Waals surface area contributed by atoms with Crippen LogP contribution in [0.3, 0.4) is 0 Å². The van der Waals surface area contributed by atoms with Crippen molar-refractivity contribution in [2.75, 3.05) is 0 Å². The highest BCUT2D eigenvalue weighted by molar-refractivity contribution is 5.78. The smallest absolute Gasteiger partial charge is 0.273 e. The molecule has 0 aliphatic carbocycles. The summed E-state index contributed by atoms with van der Waals surface area (Å²) in [7, 11) is 0. The van der Waals surface area contributed by atoms with Gasteiger partial charge in [-0.25, -0.2) is 4.39 Å². The van der Waals surface area contributed by atoms with Gasteiger partial charge in [-0.3, -0.25) is 14.9 Å². The van der Waals surface area contributed by atoms with E-state index in [1.807, 2.05) is 0 Å². The fourth-order valence-electron chi connectivity index (χ4n) is 0.913. The number of hydrogen-bond acceptors (Lipinski definition) is 3. The maximum absolute atomic E-state index is 12.9. The van der Waals surface area contributed by atoms with Gasteiger partial charge in [0.25, 0.3) is 5.69 Å². The average Bonchev–Trinajstić information content (AvgIpc) is 2.09. The molecule has 5 heteroatoms. The van der Waals surface area contributed by atoms with Crippen LogP contribution in [0.1, 0.15) is 15.9 Å². The van der Waals surface area contributed by atoms with E-state index in [0.29, 0.717) is 6.29 Å². The van der Waals surface area contributed by atoms with Crippen LogP contribution >= 0.6 is 0 Å². The summed E-state index contributed by atoms with van der Waals surface area (Å²) < 4.78 is 12.9. The number of benzene rings is 1. The number of halogens is 1. The minimum atomic E-state index is -0.741. The number of rotatable bonds is 2. The van der Waals surface area contributed by atoms with E-state index in [-0.39, 0.29) is 11.1 Å². The Balaban J connectivity index is 3.38. The van der Waals surface area contributed by atoms with Gasteiger partial charge in [-0.2, -0.15) is 0 Å². The molecule has 0 atom stereocenters. The van der Waals surface area contributed by atoms with Crippen LogP contribution in [0, 0.1) is 22.9 Å². The van der Waals surface area contributed by atoms with E-state index in [4.69, 9.17) is 0 Å². The second kappa shape index (κ2) is 3.30. The number of carbonyl (C=O) groups is 1. The molecule has 4 nitrogen and oxygen atoms in total. The molecule has 0 aliphatic heterocycles. The lowest BCUT2D eigenvalue weighted by Gasteiger charge is -1.99. The van der Waals surface area contributed by atoms with Crippen LogP contribution in [0.2, 0.25) is 0 Å². The molecular formula is C8H6FNO3. The zero-order chi connectivity index (χ0) is 10.0. The van der Waals surface area contributed by atoms with Crippen LogP contribution in [0.4, 0.5) is 10.1 Å². The molecule has 0 spiro atoms. The Bertz CT molecular complexity index is 376. The summed E-state index contributed by atoms with van der Waals surface area (Å²) in [5.74, 6) is -0.740. The van der Waals surface area contributed by atoms with Gasteiger partial charge >= 0.3 is 0 Å². The molecule has 68 valence electrons. The van der Waals surface area contributed by atoms with Crippen LogP contribution in [0.5, 0.6) is 0 Å². The molecule has 0 fully saturated rings. The van der Waals surface area contributed by atoms with Crippen molar-refractivity contribution >= 4 is 12.0 Å². The van der Waals surface area contributed by atoms with Gasteiger partial charge in [0.05, 0.1) is 11.0 Å². The summed E-state index contributed by atoms with van der Waals surface area (Å²) in [4.78, 5) is 19.9. The number of carbonyl (C=O) groups excluding carboxylic acids is 1. The minimum absolute atomic E-state index is 0.00620. The maximum atomic E-state index is 12.9. The summed E-state index contributed by atoms with van der Waals surface area (Å²) in [6.45, 7) is 1.39. The van der Waals surface area contributed by atoms with Crippen molar-refractivity contribution in [3.63, 3.8) is 0 Å². The van der Waals surface area contributed by atoms with E-state index in [0.717, 1.165) is 12.1 Å². The number of hydrogen-bond donors (Lipinski definition) is 0. The van der Waals surface area contributed by atoms with E-state index in [9.17, 15) is 19.3 Å². The Morgan fingerprint density at radius 3 is 2.62 bits per heavy atom. The van der Waals surface area contributed by atoms with E-state index in [2.05, 4.69) is 0 Å². The molecule has 1 rings (SSSR count). The molecule has 0 unspecified atom stereocenters. The summed E-state index contributed by atoms with van der Waals surface area (Å²) in [5.41, 5.74) is -0.280. The first-order valence-electron chi connectivity index (χ1n) is 3.46. The third-order valence-corrected chi connectivity index (χ3v) is 1.71. The Kier molecular flexibility index (Phi) is 2.36. The quantitative estimate of drug-likeness (QED) is 0.399. The number of nitro groups is 1. The first kappa shape index (κ1) is 9.31. The van der Waals surface area contributed by atoms with E-state index in [1.165, 1.54) is 6.92 Å². The summed E-state index contributed by atoms with van der Waals surface area (Å²) in [6, 6.07) is 1.84. The molecule has 0 amide bonds. The SMILES string of the molecule is Cc1c(F)cc([N+](=O)[O-])cc1C=O. The first-order valence-corrected chi connectivity index (χ1v) is 3.46. The fourth-order valence-corrected chi connectivity index (χ4v) is 0.913. The lowest BCUT2D eigenvalue weighted by Crippen LogP contribution is -1.96. The highest BCUT2D eigenvalue weighted by Crippen LogP contribution is 2.19. The van der Waals surface area contributed by atoms with E-state index >= 15 is 0 Å². The largest absolute Gasteiger partial charge is 0.298 e. The van der Waals surface area contributed by atoms with Gasteiger partial charge in [-0.1, -0.05) is 0 Å². The second-order valence-corrected chi connectivity index (χ2v) is 2.52. The van der Waals surface area contributed by atoms with Crippen molar-refractivity contribution < 1.29 is 14.1 Å². The van der Waals surface area contributed by atoms with Crippen molar-refractivity contribution in [3.05, 3.63) is 39.2 Å². The fraction of sp³-hybridized carbons (Fsp3) is 0.125. The maximum Gasteiger partial charge on any atom is 0.273 e. The molecule has 0 bridgehead atoms. The van der Waals surface area contributed by atoms with E-state index < -0.39 is 16.4 Å². The standard InChI is InChI=1S/C8H6FNO3/c1-5-6(4-11)2-7(10(12)13)3-8(5)9/h2-4H,1H3. The first-order chi connectivity index (χ1) is 6.06. The van der Waals surface area contributed by atoms with Gasteiger partial charge in [0.1, 0.15) is 5.82 Å². The van der Waals surface area contributed by atoms with Gasteiger partial charge in [0.15, 0.2) is 6.29 Å². The van der Waals surface area contributed by atoms with Crippen LogP contribution in [0.15, 0.2) is 12.1 Å². The molecule has 0 radical (unpaired) electrons. The molecule has 0 aliphatic rings. The summed E-state index contributed by atoms with van der Waals surface area (Å²) >= 11 is 0. The highest BCUT2D eigenvalue weighted by Gasteiger charge is 2.12. The molecule has 0 aromatic heterocycles. The van der Waals surface area contributed by atoms with Gasteiger partial charge in [-0.05, 0) is 12.5 Å². The monoisotopic (exact) mass is 183 g/mol. The minimum Gasteiger partial charge on any atom is -0.298 e. The Labute approximate surface area is 73.1 Å². The topological polar surface area (TPSA) is 60.2 Å². The van der Waals surface area contributed by atoms with Crippen molar-refractivity contribution in [1.29, 1.82) is 0 Å². The Hall–Kier alpha value is -1.78. The number of aldehydes is 1. The van der Waals surface area contributed by atoms with Crippen molar-refractivity contribution in [1.82, 2.24) is 0 Å². The molecular weight excluding hydrogens is 177 g/mol. The Morgan fingerprint density at radius 1 is 1.54 bits per heavy atom. The van der Waals surface area contributed by atoms with Crippen LogP contribution in [0.25, 0.3) is 0 Å². The highest BCUT2D eigenvalue weighted by atomic mass is 19.1. The summed E-state index contributed by atoms with van der Waals surface area (Å²) in [5, 5.41) is 10.3. The van der Waals surface area contributed by atoms with Crippen LogP contribution in [-0.2, 0) is 0 Å². The number of nitro benzene ring substituents is 1. The molecule has 1 aromatic rings. The molecule has 0 saturated carbocycles. The molecule has 1 aromatic carbocycles. The van der Waals surface area contributed by atoms with Gasteiger partial charge in [0.2, 0.25) is 0 Å². The number of nitrogens with zero attached hydrogens (tertiary/aromatic N) is 1. The lowest BCUT2D eigenvalue weighted by molar-refractivity contribution is -0.385. The predicted octanol–water partition coefficient (Wildman–Crippen LogP) is 1.85. The van der Waals surface area contributed by atoms with E-state index in [1.54, 1.807) is 0 Å². The predicted molar refractivity (Wildman–Crippen MR) is 43.2 cm³/mol. The zero-order valence-electron chi connectivity index (χ0n) is 6.78. The molecule has 0 saturated heterocycles. The average molecular weight is 183 g/mol. The zero-order valence-corrected chi connectivity index (χ0v) is 6.78. The molecule has 13 heavy (non-hydrogen) atoms. The van der Waals surface area contributed by atoms with Gasteiger partial charge < -0.3 is 0 Å². The molecule has 0 N–H and O–H groups in total. The Morgan fingerprint density at radius 2 is 2.15 bits per heavy atom. The molecule has 0 heterocycles. The van der Waals surface area contributed by atoms with Crippen molar-refractivity contribution in [2.45, 2.75) is 6.92 Å².